The molecule has 0 amide bonds. The highest BCUT2D eigenvalue weighted by molar-refractivity contribution is 6.04. The third-order valence-electron chi connectivity index (χ3n) is 15.9. The highest BCUT2D eigenvalue weighted by Crippen LogP contribution is 2.60. The van der Waals surface area contributed by atoms with Crippen LogP contribution in [0.2, 0.25) is 0 Å². The van der Waals surface area contributed by atoms with Crippen molar-refractivity contribution in [1.82, 2.24) is 9.80 Å². The number of likely N-dealkylation sites (N-methyl/N-ethyl adjacent to an activating group) is 1. The lowest BCUT2D eigenvalue weighted by Crippen LogP contribution is -2.67. The molecule has 2 aromatic carbocycles. The van der Waals surface area contributed by atoms with Gasteiger partial charge in [-0.25, -0.2) is 0 Å². The van der Waals surface area contributed by atoms with Crippen LogP contribution in [0.5, 0.6) is 11.5 Å². The summed E-state index contributed by atoms with van der Waals surface area (Å²) in [5.74, 6) is 2.00. The van der Waals surface area contributed by atoms with Gasteiger partial charge >= 0.3 is 0 Å². The zero-order valence-electron chi connectivity index (χ0n) is 32.8. The van der Waals surface area contributed by atoms with E-state index in [9.17, 15) is 24.9 Å². The van der Waals surface area contributed by atoms with Crippen molar-refractivity contribution >= 4 is 11.6 Å². The zero-order valence-corrected chi connectivity index (χ0v) is 32.8. The third-order valence-corrected chi connectivity index (χ3v) is 15.9. The summed E-state index contributed by atoms with van der Waals surface area (Å²) in [5, 5.41) is 30.6. The monoisotopic (exact) mass is 712 g/mol. The Labute approximate surface area is 312 Å². The predicted molar refractivity (Wildman–Crippen MR) is 206 cm³/mol. The van der Waals surface area contributed by atoms with Crippen LogP contribution in [0.1, 0.15) is 145 Å². The van der Waals surface area contributed by atoms with Crippen molar-refractivity contribution in [3.63, 3.8) is 0 Å². The second-order valence-corrected chi connectivity index (χ2v) is 18.9. The van der Waals surface area contributed by atoms with Gasteiger partial charge in [0.2, 0.25) is 0 Å². The summed E-state index contributed by atoms with van der Waals surface area (Å²) in [4.78, 5) is 30.8. The van der Waals surface area contributed by atoms with Crippen molar-refractivity contribution in [2.24, 2.45) is 16.7 Å². The number of β-amino-alcohol motifs (C(OH)–C–C–N with tert-alkyl or cyclic N) is 1. The molecule has 0 radical (unpaired) electrons. The maximum Gasteiger partial charge on any atom is 0.180 e. The fourth-order valence-corrected chi connectivity index (χ4v) is 12.1. The minimum Gasteiger partial charge on any atom is -0.508 e. The Morgan fingerprint density at radius 1 is 0.885 bits per heavy atom. The van der Waals surface area contributed by atoms with Gasteiger partial charge < -0.3 is 20.2 Å². The van der Waals surface area contributed by atoms with E-state index in [1.807, 2.05) is 12.1 Å². The number of nitrogens with zero attached hydrogens (tertiary/aromatic N) is 2. The fraction of sp³-hybridized carbons (Fsp3) is 0.689. The SMILES string of the molecule is CC[C@@]12CCN(CC3(O)CC3)C(C(=O)c3ccc(O)cc31)C2(C)C.CN1CC[C@]2(C)c3cc(O)ccc3CC1[C@@]2(C)CCC(=O)CCC1CCCC1. The van der Waals surface area contributed by atoms with E-state index in [0.29, 0.717) is 30.5 Å². The highest BCUT2D eigenvalue weighted by Gasteiger charge is 2.62. The summed E-state index contributed by atoms with van der Waals surface area (Å²) >= 11 is 0. The van der Waals surface area contributed by atoms with Crippen LogP contribution >= 0.6 is 0 Å². The molecule has 7 nitrogen and oxygen atoms in total. The molecular formula is C45H64N2O5. The second kappa shape index (κ2) is 13.5. The second-order valence-electron chi connectivity index (χ2n) is 18.9. The quantitative estimate of drug-likeness (QED) is 0.242. The molecule has 7 heteroatoms. The molecule has 4 bridgehead atoms. The van der Waals surface area contributed by atoms with E-state index in [1.54, 1.807) is 18.2 Å². The number of fused-ring (bicyclic) bond motifs is 8. The summed E-state index contributed by atoms with van der Waals surface area (Å²) in [6.07, 6.45) is 14.6. The van der Waals surface area contributed by atoms with Crippen molar-refractivity contribution in [1.29, 1.82) is 0 Å². The summed E-state index contributed by atoms with van der Waals surface area (Å²) in [6, 6.07) is 11.4. The number of Topliss-reactive ketones (excluding diaryl/α,β-unsaturated/α-hetero) is 2. The standard InChI is InChI=1S/C25H37NO2.C20H27NO3/c1-24-14-15-26(3)23(16-19-9-11-21(28)17-22(19)24)25(24,2)13-12-20(27)10-8-18-6-4-5-7-18;1-4-20-9-10-21(12-19(24)7-8-19)17(18(20,2)3)16(23)14-6-5-13(22)11-15(14)20/h9,11,17-18,23,28H,4-8,10,12-16H2,1-3H3;5-6,11,17,22,24H,4,7-10,12H2,1-3H3/t23?,24-,25-;17?,20-/m11/s1. The molecule has 2 aliphatic heterocycles. The van der Waals surface area contributed by atoms with Gasteiger partial charge in [-0.1, -0.05) is 66.4 Å². The van der Waals surface area contributed by atoms with Crippen LogP contribution in [-0.2, 0) is 22.0 Å². The number of ketones is 2. The van der Waals surface area contributed by atoms with E-state index in [2.05, 4.69) is 57.5 Å². The van der Waals surface area contributed by atoms with Crippen molar-refractivity contribution in [3.8, 4) is 11.5 Å². The van der Waals surface area contributed by atoms with Gasteiger partial charge in [-0.2, -0.15) is 0 Å². The molecule has 5 atom stereocenters. The lowest BCUT2D eigenvalue weighted by Gasteiger charge is -2.62. The number of rotatable bonds is 9. The number of carbonyl (C=O) groups excluding carboxylic acids is 2. The number of phenols is 2. The molecule has 6 aliphatic rings. The molecular weight excluding hydrogens is 649 g/mol. The third kappa shape index (κ3) is 6.15. The van der Waals surface area contributed by atoms with Crippen LogP contribution < -0.4 is 0 Å². The first-order valence-corrected chi connectivity index (χ1v) is 20.5. The van der Waals surface area contributed by atoms with Crippen molar-refractivity contribution in [2.45, 2.75) is 153 Å². The minimum atomic E-state index is -0.586. The molecule has 3 N–H and O–H groups in total. The van der Waals surface area contributed by atoms with Crippen molar-refractivity contribution < 1.29 is 24.9 Å². The Morgan fingerprint density at radius 2 is 1.56 bits per heavy atom. The Morgan fingerprint density at radius 3 is 2.23 bits per heavy atom. The van der Waals surface area contributed by atoms with Gasteiger partial charge in [0.15, 0.2) is 5.78 Å². The summed E-state index contributed by atoms with van der Waals surface area (Å²) < 4.78 is 0. The van der Waals surface area contributed by atoms with E-state index in [-0.39, 0.29) is 39.2 Å². The Hall–Kier alpha value is -2.74. The molecule has 2 heterocycles. The topological polar surface area (TPSA) is 101 Å². The molecule has 8 rings (SSSR count). The smallest absolute Gasteiger partial charge is 0.180 e. The lowest BCUT2D eigenvalue weighted by atomic mass is 9.49. The molecule has 4 fully saturated rings. The van der Waals surface area contributed by atoms with E-state index in [1.165, 1.54) is 36.8 Å². The van der Waals surface area contributed by atoms with Gasteiger partial charge in [-0.3, -0.25) is 14.5 Å². The maximum atomic E-state index is 13.3. The number of aromatic hydroxyl groups is 2. The van der Waals surface area contributed by atoms with Gasteiger partial charge in [-0.05, 0) is 135 Å². The van der Waals surface area contributed by atoms with Crippen LogP contribution in [0.15, 0.2) is 36.4 Å². The largest absolute Gasteiger partial charge is 0.508 e. The molecule has 2 unspecified atom stereocenters. The Balaban J connectivity index is 0.000000164. The molecule has 2 saturated carbocycles. The summed E-state index contributed by atoms with van der Waals surface area (Å²) in [7, 11) is 2.25. The molecule has 0 aromatic heterocycles. The van der Waals surface area contributed by atoms with Gasteiger partial charge in [0.05, 0.1) is 11.6 Å². The van der Waals surface area contributed by atoms with E-state index in [4.69, 9.17) is 0 Å². The number of benzene rings is 2. The fourth-order valence-electron chi connectivity index (χ4n) is 12.1. The van der Waals surface area contributed by atoms with Gasteiger partial charge in [0, 0.05) is 41.8 Å². The van der Waals surface area contributed by atoms with E-state index >= 15 is 0 Å². The molecule has 0 spiro atoms. The average Bonchev–Trinajstić information content (AvgIpc) is 3.58. The Bertz CT molecular complexity index is 1690. The average molecular weight is 713 g/mol. The van der Waals surface area contributed by atoms with Crippen LogP contribution in [-0.4, -0.2) is 81.1 Å². The van der Waals surface area contributed by atoms with Crippen LogP contribution in [0.3, 0.4) is 0 Å². The van der Waals surface area contributed by atoms with Crippen LogP contribution in [0, 0.1) is 16.7 Å². The first kappa shape index (κ1) is 37.6. The molecule has 284 valence electrons. The number of likely N-dealkylation sites (tertiary alicyclic amines) is 2. The number of hydrogen-bond acceptors (Lipinski definition) is 7. The number of aliphatic hydroxyl groups is 1. The van der Waals surface area contributed by atoms with Crippen molar-refractivity contribution in [2.75, 3.05) is 26.7 Å². The number of carbonyl (C=O) groups is 2. The first-order valence-electron chi connectivity index (χ1n) is 20.5. The number of piperidine rings is 2. The molecule has 2 aromatic rings. The van der Waals surface area contributed by atoms with Crippen molar-refractivity contribution in [3.05, 3.63) is 58.7 Å². The van der Waals surface area contributed by atoms with Crippen LogP contribution in [0.25, 0.3) is 0 Å². The molecule has 52 heavy (non-hydrogen) atoms. The predicted octanol–water partition coefficient (Wildman–Crippen LogP) is 8.10. The summed E-state index contributed by atoms with van der Waals surface area (Å²) in [5.41, 5.74) is 3.61. The minimum absolute atomic E-state index is 0.0161. The van der Waals surface area contributed by atoms with Gasteiger partial charge in [0.25, 0.3) is 0 Å². The number of hydrogen-bond donors (Lipinski definition) is 3. The molecule has 2 saturated heterocycles. The maximum absolute atomic E-state index is 13.3. The van der Waals surface area contributed by atoms with Crippen LogP contribution in [0.4, 0.5) is 0 Å². The summed E-state index contributed by atoms with van der Waals surface area (Å²) in [6.45, 7) is 13.9. The Kier molecular flexibility index (Phi) is 9.77. The first-order chi connectivity index (χ1) is 24.6. The highest BCUT2D eigenvalue weighted by atomic mass is 16.3. The van der Waals surface area contributed by atoms with Gasteiger partial charge in [0.1, 0.15) is 17.3 Å². The normalized spacial score (nSPS) is 33.1. The molecule has 4 aliphatic carbocycles. The number of phenolic OH excluding ortho intramolecular Hbond substituents is 2. The zero-order chi connectivity index (χ0) is 37.3. The van der Waals surface area contributed by atoms with Gasteiger partial charge in [-0.15, -0.1) is 0 Å². The van der Waals surface area contributed by atoms with E-state index < -0.39 is 5.60 Å². The van der Waals surface area contributed by atoms with E-state index in [0.717, 1.165) is 87.9 Å². The lowest BCUT2D eigenvalue weighted by molar-refractivity contribution is -0.121.